The van der Waals surface area contributed by atoms with Gasteiger partial charge in [0.2, 0.25) is 15.8 Å². The first kappa shape index (κ1) is 17.0. The fraction of sp³-hybridized carbons (Fsp3) is 0.444. The van der Waals surface area contributed by atoms with Crippen LogP contribution in [0.1, 0.15) is 17.0 Å². The Kier molecular flexibility index (Phi) is 4.87. The van der Waals surface area contributed by atoms with E-state index in [1.165, 1.54) is 0 Å². The lowest BCUT2D eigenvalue weighted by molar-refractivity contribution is -0.135. The molecule has 0 bridgehead atoms. The fourth-order valence-electron chi connectivity index (χ4n) is 1.21. The van der Waals surface area contributed by atoms with Gasteiger partial charge in [0, 0.05) is 19.7 Å². The maximum Gasteiger partial charge on any atom is 0.390 e. The highest BCUT2D eigenvalue weighted by Gasteiger charge is 2.33. The summed E-state index contributed by atoms with van der Waals surface area (Å²) < 4.78 is 64.9. The molecule has 6 nitrogen and oxygen atoms in total. The SMILES string of the molecule is CN(CCC(F)(F)F)S(=O)(=O)c1cc(C(=O)O)oc1Br. The van der Waals surface area contributed by atoms with E-state index in [1.807, 2.05) is 0 Å². The van der Waals surface area contributed by atoms with Crippen LogP contribution in [-0.4, -0.2) is 43.6 Å². The van der Waals surface area contributed by atoms with Crippen molar-refractivity contribution in [3.05, 3.63) is 16.5 Å². The van der Waals surface area contributed by atoms with Gasteiger partial charge in [-0.25, -0.2) is 17.5 Å². The molecular weight excluding hydrogens is 371 g/mol. The molecule has 0 saturated carbocycles. The lowest BCUT2D eigenvalue weighted by Gasteiger charge is -2.17. The van der Waals surface area contributed by atoms with Crippen LogP contribution < -0.4 is 0 Å². The summed E-state index contributed by atoms with van der Waals surface area (Å²) in [5.41, 5.74) is 0. The van der Waals surface area contributed by atoms with Gasteiger partial charge in [-0.2, -0.15) is 13.2 Å². The summed E-state index contributed by atoms with van der Waals surface area (Å²) >= 11 is 2.72. The summed E-state index contributed by atoms with van der Waals surface area (Å²) in [4.78, 5) is 10.1. The molecule has 0 aliphatic carbocycles. The Hall–Kier alpha value is -1.07. The topological polar surface area (TPSA) is 87.8 Å². The van der Waals surface area contributed by atoms with Gasteiger partial charge in [-0.1, -0.05) is 0 Å². The average molecular weight is 380 g/mol. The van der Waals surface area contributed by atoms with E-state index in [0.717, 1.165) is 13.1 Å². The van der Waals surface area contributed by atoms with Crippen LogP contribution in [0, 0.1) is 0 Å². The van der Waals surface area contributed by atoms with Crippen molar-refractivity contribution in [3.63, 3.8) is 0 Å². The molecule has 1 aromatic heterocycles. The van der Waals surface area contributed by atoms with Crippen molar-refractivity contribution in [3.8, 4) is 0 Å². The number of nitrogens with zero attached hydrogens (tertiary/aromatic N) is 1. The van der Waals surface area contributed by atoms with E-state index in [9.17, 15) is 26.4 Å². The maximum atomic E-state index is 12.1. The van der Waals surface area contributed by atoms with Crippen molar-refractivity contribution >= 4 is 31.9 Å². The molecule has 1 rings (SSSR count). The van der Waals surface area contributed by atoms with Gasteiger partial charge in [-0.3, -0.25) is 0 Å². The van der Waals surface area contributed by atoms with E-state index in [1.54, 1.807) is 0 Å². The molecule has 114 valence electrons. The van der Waals surface area contributed by atoms with Crippen LogP contribution in [0.2, 0.25) is 0 Å². The van der Waals surface area contributed by atoms with Crippen LogP contribution in [0.5, 0.6) is 0 Å². The van der Waals surface area contributed by atoms with E-state index in [-0.39, 0.29) is 4.67 Å². The van der Waals surface area contributed by atoms with Gasteiger partial charge in [-0.05, 0) is 15.9 Å². The van der Waals surface area contributed by atoms with Gasteiger partial charge in [-0.15, -0.1) is 0 Å². The number of aromatic carboxylic acids is 1. The minimum absolute atomic E-state index is 0.381. The molecule has 0 aromatic carbocycles. The normalized spacial score (nSPS) is 12.9. The Morgan fingerprint density at radius 3 is 2.45 bits per heavy atom. The van der Waals surface area contributed by atoms with Crippen LogP contribution in [-0.2, 0) is 10.0 Å². The number of hydrogen-bond acceptors (Lipinski definition) is 4. The second kappa shape index (κ2) is 5.74. The smallest absolute Gasteiger partial charge is 0.390 e. The zero-order chi connectivity index (χ0) is 15.7. The predicted molar refractivity (Wildman–Crippen MR) is 63.9 cm³/mol. The van der Waals surface area contributed by atoms with E-state index in [4.69, 9.17) is 5.11 Å². The molecule has 0 fully saturated rings. The van der Waals surface area contributed by atoms with Gasteiger partial charge >= 0.3 is 12.1 Å². The van der Waals surface area contributed by atoms with E-state index < -0.39 is 45.8 Å². The van der Waals surface area contributed by atoms with E-state index in [2.05, 4.69) is 20.3 Å². The first-order valence-electron chi connectivity index (χ1n) is 5.01. The molecule has 0 radical (unpaired) electrons. The first-order chi connectivity index (χ1) is 8.95. The number of carboxylic acid groups (broad SMARTS) is 1. The second-order valence-corrected chi connectivity index (χ2v) is 6.48. The number of furan rings is 1. The third-order valence-electron chi connectivity index (χ3n) is 2.26. The zero-order valence-corrected chi connectivity index (χ0v) is 12.3. The van der Waals surface area contributed by atoms with Crippen LogP contribution in [0.15, 0.2) is 20.0 Å². The average Bonchev–Trinajstić information content (AvgIpc) is 2.67. The molecule has 1 N–H and O–H groups in total. The molecule has 0 atom stereocenters. The molecule has 0 unspecified atom stereocenters. The van der Waals surface area contributed by atoms with Crippen molar-refractivity contribution in [2.24, 2.45) is 0 Å². The highest BCUT2D eigenvalue weighted by atomic mass is 79.9. The second-order valence-electron chi connectivity index (χ2n) is 3.75. The fourth-order valence-corrected chi connectivity index (χ4v) is 3.28. The van der Waals surface area contributed by atoms with Crippen LogP contribution in [0.25, 0.3) is 0 Å². The highest BCUT2D eigenvalue weighted by molar-refractivity contribution is 9.10. The summed E-state index contributed by atoms with van der Waals surface area (Å²) in [5.74, 6) is -2.13. The lowest BCUT2D eigenvalue weighted by atomic mass is 10.4. The third-order valence-corrected chi connectivity index (χ3v) is 4.98. The van der Waals surface area contributed by atoms with Crippen LogP contribution >= 0.6 is 15.9 Å². The first-order valence-corrected chi connectivity index (χ1v) is 7.24. The molecule has 20 heavy (non-hydrogen) atoms. The van der Waals surface area contributed by atoms with Crippen molar-refractivity contribution in [1.29, 1.82) is 0 Å². The van der Waals surface area contributed by atoms with Gasteiger partial charge in [0.05, 0.1) is 6.42 Å². The molecule has 0 spiro atoms. The number of alkyl halides is 3. The summed E-state index contributed by atoms with van der Waals surface area (Å²) in [6.07, 6.45) is -5.81. The summed E-state index contributed by atoms with van der Waals surface area (Å²) in [6, 6.07) is 0.728. The summed E-state index contributed by atoms with van der Waals surface area (Å²) in [7, 11) is -3.32. The quantitative estimate of drug-likeness (QED) is 0.847. The zero-order valence-electron chi connectivity index (χ0n) is 9.94. The number of carbonyl (C=O) groups is 1. The highest BCUT2D eigenvalue weighted by Crippen LogP contribution is 2.29. The van der Waals surface area contributed by atoms with Crippen molar-refractivity contribution < 1.29 is 35.9 Å². The van der Waals surface area contributed by atoms with Crippen molar-refractivity contribution in [1.82, 2.24) is 4.31 Å². The molecule has 0 saturated heterocycles. The number of sulfonamides is 1. The largest absolute Gasteiger partial charge is 0.475 e. The molecule has 1 aromatic rings. The molecular formula is C9H9BrF3NO5S. The third kappa shape index (κ3) is 3.96. The summed E-state index contributed by atoms with van der Waals surface area (Å²) in [6.45, 7) is -0.786. The maximum absolute atomic E-state index is 12.1. The Labute approximate surface area is 120 Å². The standard InChI is InChI=1S/C9H9BrF3NO5S/c1-14(3-2-9(11,12)13)20(17,18)6-4-5(8(15)16)19-7(6)10/h4H,2-3H2,1H3,(H,15,16). The van der Waals surface area contributed by atoms with Gasteiger partial charge < -0.3 is 9.52 Å². The molecule has 11 heteroatoms. The Balaban J connectivity index is 3.01. The number of carboxylic acids is 1. The Morgan fingerprint density at radius 1 is 1.50 bits per heavy atom. The van der Waals surface area contributed by atoms with Gasteiger partial charge in [0.1, 0.15) is 4.90 Å². The molecule has 0 amide bonds. The van der Waals surface area contributed by atoms with Crippen LogP contribution in [0.4, 0.5) is 13.2 Å². The van der Waals surface area contributed by atoms with Crippen LogP contribution in [0.3, 0.4) is 0 Å². The minimum atomic E-state index is -4.50. The summed E-state index contributed by atoms with van der Waals surface area (Å²) in [5, 5.41) is 8.67. The number of hydrogen-bond donors (Lipinski definition) is 1. The predicted octanol–water partition coefficient (Wildman–Crippen LogP) is 2.31. The molecule has 0 aliphatic rings. The number of rotatable bonds is 5. The lowest BCUT2D eigenvalue weighted by Crippen LogP contribution is -2.30. The van der Waals surface area contributed by atoms with E-state index >= 15 is 0 Å². The van der Waals surface area contributed by atoms with Gasteiger partial charge in [0.25, 0.3) is 0 Å². The monoisotopic (exact) mass is 379 g/mol. The van der Waals surface area contributed by atoms with Crippen molar-refractivity contribution in [2.75, 3.05) is 13.6 Å². The molecule has 0 aliphatic heterocycles. The van der Waals surface area contributed by atoms with Gasteiger partial charge in [0.15, 0.2) is 4.67 Å². The Bertz CT molecular complexity index is 610. The van der Waals surface area contributed by atoms with Crippen molar-refractivity contribution in [2.45, 2.75) is 17.5 Å². The minimum Gasteiger partial charge on any atom is -0.475 e. The van der Waals surface area contributed by atoms with E-state index in [0.29, 0.717) is 4.31 Å². The number of halogens is 4. The molecule has 1 heterocycles. The Morgan fingerprint density at radius 2 is 2.05 bits per heavy atom.